The summed E-state index contributed by atoms with van der Waals surface area (Å²) in [6.07, 6.45) is 1.82. The van der Waals surface area contributed by atoms with Crippen molar-refractivity contribution in [2.75, 3.05) is 6.54 Å². The Balaban J connectivity index is 2.25. The Morgan fingerprint density at radius 2 is 2.21 bits per heavy atom. The molecule has 0 unspecified atom stereocenters. The maximum Gasteiger partial charge on any atom is 0.105 e. The highest BCUT2D eigenvalue weighted by Crippen LogP contribution is 2.30. The summed E-state index contributed by atoms with van der Waals surface area (Å²) < 4.78 is 2.92. The molecule has 4 nitrogen and oxygen atoms in total. The molecule has 0 saturated carbocycles. The molecular formula is C13H17BrN4S. The van der Waals surface area contributed by atoms with Gasteiger partial charge in [0.25, 0.3) is 0 Å². The summed E-state index contributed by atoms with van der Waals surface area (Å²) in [4.78, 5) is 4.40. The van der Waals surface area contributed by atoms with Crippen LogP contribution in [0.5, 0.6) is 0 Å². The van der Waals surface area contributed by atoms with Crippen LogP contribution >= 0.6 is 27.7 Å². The van der Waals surface area contributed by atoms with E-state index in [1.807, 2.05) is 37.0 Å². The zero-order chi connectivity index (χ0) is 13.8. The van der Waals surface area contributed by atoms with Crippen LogP contribution < -0.4 is 5.32 Å². The first-order valence-electron chi connectivity index (χ1n) is 6.14. The number of hydrogen-bond donors (Lipinski definition) is 1. The van der Waals surface area contributed by atoms with Crippen molar-refractivity contribution >= 4 is 27.7 Å². The molecule has 0 saturated heterocycles. The van der Waals surface area contributed by atoms with Crippen molar-refractivity contribution in [2.45, 2.75) is 30.4 Å². The van der Waals surface area contributed by atoms with Crippen LogP contribution in [-0.2, 0) is 13.6 Å². The third-order valence-electron chi connectivity index (χ3n) is 2.74. The van der Waals surface area contributed by atoms with Crippen molar-refractivity contribution in [3.8, 4) is 0 Å². The third kappa shape index (κ3) is 3.58. The molecule has 19 heavy (non-hydrogen) atoms. The molecule has 2 aromatic heterocycles. The maximum atomic E-state index is 4.50. The summed E-state index contributed by atoms with van der Waals surface area (Å²) in [5, 5.41) is 9.98. The molecule has 0 atom stereocenters. The molecular weight excluding hydrogens is 324 g/mol. The minimum atomic E-state index is 0.842. The van der Waals surface area contributed by atoms with Crippen LogP contribution in [0, 0.1) is 6.92 Å². The van der Waals surface area contributed by atoms with Crippen LogP contribution in [0.4, 0.5) is 0 Å². The number of rotatable bonds is 5. The fourth-order valence-electron chi connectivity index (χ4n) is 1.78. The maximum absolute atomic E-state index is 4.50. The fourth-order valence-corrected chi connectivity index (χ4v) is 2.97. The fraction of sp³-hybridized carbons (Fsp3) is 0.385. The zero-order valence-corrected chi connectivity index (χ0v) is 13.7. The van der Waals surface area contributed by atoms with E-state index in [2.05, 4.69) is 38.3 Å². The van der Waals surface area contributed by atoms with Gasteiger partial charge in [-0.25, -0.2) is 4.98 Å². The van der Waals surface area contributed by atoms with Gasteiger partial charge in [-0.3, -0.25) is 4.68 Å². The van der Waals surface area contributed by atoms with Crippen LogP contribution in [0.2, 0.25) is 0 Å². The summed E-state index contributed by atoms with van der Waals surface area (Å²) in [7, 11) is 1.98. The molecule has 0 aromatic carbocycles. The summed E-state index contributed by atoms with van der Waals surface area (Å²) in [5.74, 6) is 0. The molecule has 6 heteroatoms. The highest BCUT2D eigenvalue weighted by Gasteiger charge is 2.14. The molecule has 2 aromatic rings. The summed E-state index contributed by atoms with van der Waals surface area (Å²) >= 11 is 5.05. The summed E-state index contributed by atoms with van der Waals surface area (Å²) in [6, 6.07) is 4.01. The molecule has 2 rings (SSSR count). The van der Waals surface area contributed by atoms with Gasteiger partial charge in [0.05, 0.1) is 5.69 Å². The Bertz CT molecular complexity index is 551. The first-order chi connectivity index (χ1) is 9.11. The Labute approximate surface area is 126 Å². The molecule has 0 amide bonds. The van der Waals surface area contributed by atoms with Gasteiger partial charge in [0.1, 0.15) is 10.1 Å². The van der Waals surface area contributed by atoms with Crippen LogP contribution in [0.3, 0.4) is 0 Å². The minimum Gasteiger partial charge on any atom is -0.313 e. The first kappa shape index (κ1) is 14.6. The van der Waals surface area contributed by atoms with Gasteiger partial charge in [-0.05, 0) is 41.5 Å². The van der Waals surface area contributed by atoms with Crippen molar-refractivity contribution < 1.29 is 0 Å². The highest BCUT2D eigenvalue weighted by molar-refractivity contribution is 9.10. The Kier molecular flexibility index (Phi) is 5.01. The zero-order valence-electron chi connectivity index (χ0n) is 11.3. The number of nitrogens with one attached hydrogen (secondary N) is 1. The number of halogens is 1. The quantitative estimate of drug-likeness (QED) is 0.907. The predicted molar refractivity (Wildman–Crippen MR) is 81.4 cm³/mol. The third-order valence-corrected chi connectivity index (χ3v) is 4.37. The molecule has 0 aliphatic rings. The normalized spacial score (nSPS) is 10.9. The molecule has 1 N–H and O–H groups in total. The second-order valence-corrected chi connectivity index (χ2v) is 6.11. The smallest absolute Gasteiger partial charge is 0.105 e. The molecule has 0 spiro atoms. The Hall–Kier alpha value is -0.850. The number of hydrogen-bond acceptors (Lipinski definition) is 4. The van der Waals surface area contributed by atoms with E-state index >= 15 is 0 Å². The van der Waals surface area contributed by atoms with Gasteiger partial charge in [0.2, 0.25) is 0 Å². The predicted octanol–water partition coefficient (Wildman–Crippen LogP) is 3.15. The summed E-state index contributed by atoms with van der Waals surface area (Å²) in [5.41, 5.74) is 2.32. The van der Waals surface area contributed by atoms with E-state index in [1.165, 1.54) is 5.56 Å². The molecule has 102 valence electrons. The second kappa shape index (κ2) is 6.54. The van der Waals surface area contributed by atoms with Crippen molar-refractivity contribution in [1.82, 2.24) is 20.1 Å². The molecule has 0 bridgehead atoms. The van der Waals surface area contributed by atoms with Crippen molar-refractivity contribution in [3.63, 3.8) is 0 Å². The van der Waals surface area contributed by atoms with E-state index in [-0.39, 0.29) is 0 Å². The number of aromatic nitrogens is 3. The Morgan fingerprint density at radius 3 is 2.84 bits per heavy atom. The number of nitrogens with zero attached hydrogens (tertiary/aromatic N) is 3. The van der Waals surface area contributed by atoms with Crippen molar-refractivity contribution in [3.05, 3.63) is 34.1 Å². The number of pyridine rings is 1. The number of aryl methyl sites for hydroxylation is 2. The largest absolute Gasteiger partial charge is 0.313 e. The lowest BCUT2D eigenvalue weighted by atomic mass is 10.2. The van der Waals surface area contributed by atoms with E-state index in [4.69, 9.17) is 0 Å². The standard InChI is InChI=1S/C13H17BrN4S/c1-4-15-8-11-9(2)17-18(3)13(11)19-12-6-5-10(14)7-16-12/h5-7,15H,4,8H2,1-3H3. The minimum absolute atomic E-state index is 0.842. The lowest BCUT2D eigenvalue weighted by Gasteiger charge is -2.06. The SMILES string of the molecule is CCNCc1c(C)nn(C)c1Sc1ccc(Br)cn1. The van der Waals surface area contributed by atoms with Crippen LogP contribution in [0.25, 0.3) is 0 Å². The summed E-state index contributed by atoms with van der Waals surface area (Å²) in [6.45, 7) is 5.95. The van der Waals surface area contributed by atoms with Gasteiger partial charge in [0, 0.05) is 29.8 Å². The molecule has 0 aliphatic carbocycles. The van der Waals surface area contributed by atoms with E-state index in [1.54, 1.807) is 11.8 Å². The molecule has 2 heterocycles. The lowest BCUT2D eigenvalue weighted by molar-refractivity contribution is 0.673. The van der Waals surface area contributed by atoms with Crippen LogP contribution in [0.1, 0.15) is 18.2 Å². The van der Waals surface area contributed by atoms with Gasteiger partial charge in [-0.15, -0.1) is 0 Å². The van der Waals surface area contributed by atoms with E-state index in [0.717, 1.165) is 33.3 Å². The lowest BCUT2D eigenvalue weighted by Crippen LogP contribution is -2.12. The van der Waals surface area contributed by atoms with Gasteiger partial charge in [-0.1, -0.05) is 18.7 Å². The average Bonchev–Trinajstić information content (AvgIpc) is 2.65. The van der Waals surface area contributed by atoms with E-state index < -0.39 is 0 Å². The van der Waals surface area contributed by atoms with Gasteiger partial charge >= 0.3 is 0 Å². The second-order valence-electron chi connectivity index (χ2n) is 4.19. The van der Waals surface area contributed by atoms with E-state index in [0.29, 0.717) is 0 Å². The van der Waals surface area contributed by atoms with Gasteiger partial charge < -0.3 is 5.32 Å². The van der Waals surface area contributed by atoms with E-state index in [9.17, 15) is 0 Å². The molecule has 0 fully saturated rings. The van der Waals surface area contributed by atoms with Crippen LogP contribution in [0.15, 0.2) is 32.9 Å². The highest BCUT2D eigenvalue weighted by atomic mass is 79.9. The molecule has 0 aliphatic heterocycles. The van der Waals surface area contributed by atoms with Crippen LogP contribution in [-0.4, -0.2) is 21.3 Å². The van der Waals surface area contributed by atoms with Crippen molar-refractivity contribution in [1.29, 1.82) is 0 Å². The van der Waals surface area contributed by atoms with Gasteiger partial charge in [0.15, 0.2) is 0 Å². The monoisotopic (exact) mass is 340 g/mol. The average molecular weight is 341 g/mol. The van der Waals surface area contributed by atoms with Gasteiger partial charge in [-0.2, -0.15) is 5.10 Å². The van der Waals surface area contributed by atoms with Crippen molar-refractivity contribution in [2.24, 2.45) is 7.05 Å². The first-order valence-corrected chi connectivity index (χ1v) is 7.75. The Morgan fingerprint density at radius 1 is 1.42 bits per heavy atom. The molecule has 0 radical (unpaired) electrons. The topological polar surface area (TPSA) is 42.7 Å².